The first-order valence-electron chi connectivity index (χ1n) is 11.1. The molecule has 5 heteroatoms. The smallest absolute Gasteiger partial charge is 0.242 e. The van der Waals surface area contributed by atoms with Gasteiger partial charge in [0.25, 0.3) is 0 Å². The highest BCUT2D eigenvalue weighted by atomic mass is 16.3. The molecule has 164 valence electrons. The van der Waals surface area contributed by atoms with E-state index in [0.717, 1.165) is 37.0 Å². The summed E-state index contributed by atoms with van der Waals surface area (Å²) in [6.45, 7) is 9.10. The Morgan fingerprint density at radius 1 is 1.00 bits per heavy atom. The molecule has 0 unspecified atom stereocenters. The number of hydrogen-bond donors (Lipinski definition) is 0. The fraction of sp³-hybridized carbons (Fsp3) is 0.520. The molecule has 2 amide bonds. The van der Waals surface area contributed by atoms with E-state index in [0.29, 0.717) is 13.1 Å². The molecule has 30 heavy (non-hydrogen) atoms. The van der Waals surface area contributed by atoms with Gasteiger partial charge in [0.1, 0.15) is 12.3 Å². The molecular weight excluding hydrogens is 376 g/mol. The summed E-state index contributed by atoms with van der Waals surface area (Å²) in [5.74, 6) is 0.735. The van der Waals surface area contributed by atoms with Crippen molar-refractivity contribution in [1.82, 2.24) is 9.80 Å². The summed E-state index contributed by atoms with van der Waals surface area (Å²) in [6, 6.07) is 13.6. The molecule has 0 N–H and O–H groups in total. The topological polar surface area (TPSA) is 53.8 Å². The second-order valence-electron chi connectivity index (χ2n) is 8.12. The van der Waals surface area contributed by atoms with Crippen molar-refractivity contribution in [3.05, 3.63) is 60.1 Å². The van der Waals surface area contributed by atoms with Crippen LogP contribution in [0.3, 0.4) is 0 Å². The lowest BCUT2D eigenvalue weighted by Gasteiger charge is -2.32. The second-order valence-corrected chi connectivity index (χ2v) is 8.12. The Morgan fingerprint density at radius 2 is 1.73 bits per heavy atom. The van der Waals surface area contributed by atoms with Crippen LogP contribution in [0.1, 0.15) is 64.7 Å². The molecule has 0 spiro atoms. The van der Waals surface area contributed by atoms with Gasteiger partial charge < -0.3 is 14.2 Å². The van der Waals surface area contributed by atoms with E-state index in [4.69, 9.17) is 4.42 Å². The lowest BCUT2D eigenvalue weighted by Crippen LogP contribution is -2.47. The zero-order valence-corrected chi connectivity index (χ0v) is 18.8. The average molecular weight is 413 g/mol. The van der Waals surface area contributed by atoms with Gasteiger partial charge in [-0.2, -0.15) is 0 Å². The molecule has 0 aliphatic heterocycles. The van der Waals surface area contributed by atoms with Crippen LogP contribution in [0.5, 0.6) is 0 Å². The van der Waals surface area contributed by atoms with E-state index in [-0.39, 0.29) is 30.3 Å². The quantitative estimate of drug-likeness (QED) is 0.478. The zero-order chi connectivity index (χ0) is 21.9. The van der Waals surface area contributed by atoms with Gasteiger partial charge in [-0.25, -0.2) is 0 Å². The molecule has 2 rings (SSSR count). The van der Waals surface area contributed by atoms with Crippen molar-refractivity contribution >= 4 is 11.8 Å². The van der Waals surface area contributed by atoms with E-state index < -0.39 is 0 Å². The normalized spacial score (nSPS) is 12.0. The molecule has 2 aromatic rings. The minimum absolute atomic E-state index is 0.0206. The molecule has 0 saturated heterocycles. The van der Waals surface area contributed by atoms with Crippen molar-refractivity contribution in [2.24, 2.45) is 5.92 Å². The van der Waals surface area contributed by atoms with E-state index >= 15 is 0 Å². The first-order valence-corrected chi connectivity index (χ1v) is 11.1. The number of hydrogen-bond acceptors (Lipinski definition) is 3. The second kappa shape index (κ2) is 12.2. The Balaban J connectivity index is 2.16. The highest BCUT2D eigenvalue weighted by molar-refractivity contribution is 5.86. The van der Waals surface area contributed by atoms with Crippen molar-refractivity contribution in [1.29, 1.82) is 0 Å². The van der Waals surface area contributed by atoms with Crippen molar-refractivity contribution < 1.29 is 14.0 Å². The molecular formula is C25H36N2O3. The Hall–Kier alpha value is -2.56. The van der Waals surface area contributed by atoms with Gasteiger partial charge in [-0.15, -0.1) is 0 Å². The molecule has 1 aromatic carbocycles. The van der Waals surface area contributed by atoms with E-state index in [1.165, 1.54) is 0 Å². The fourth-order valence-corrected chi connectivity index (χ4v) is 3.57. The maximum Gasteiger partial charge on any atom is 0.242 e. The van der Waals surface area contributed by atoms with E-state index in [2.05, 4.69) is 13.8 Å². The van der Waals surface area contributed by atoms with Crippen LogP contribution in [0.2, 0.25) is 0 Å². The molecule has 0 radical (unpaired) electrons. The number of rotatable bonds is 12. The highest BCUT2D eigenvalue weighted by Gasteiger charge is 2.28. The van der Waals surface area contributed by atoms with Gasteiger partial charge in [0.05, 0.1) is 12.8 Å². The number of benzene rings is 1. The van der Waals surface area contributed by atoms with Gasteiger partial charge in [-0.05, 0) is 44.4 Å². The van der Waals surface area contributed by atoms with Crippen molar-refractivity contribution in [2.75, 3.05) is 6.54 Å². The number of nitrogens with zero attached hydrogens (tertiary/aromatic N) is 2. The third-order valence-electron chi connectivity index (χ3n) is 5.46. The number of unbranched alkanes of at least 4 members (excludes halogenated alkanes) is 1. The van der Waals surface area contributed by atoms with Gasteiger partial charge in [-0.3, -0.25) is 9.59 Å². The third kappa shape index (κ3) is 7.05. The van der Waals surface area contributed by atoms with Gasteiger partial charge in [0, 0.05) is 18.5 Å². The fourth-order valence-electron chi connectivity index (χ4n) is 3.57. The maximum atomic E-state index is 13.3. The summed E-state index contributed by atoms with van der Waals surface area (Å²) < 4.78 is 5.48. The van der Waals surface area contributed by atoms with Crippen molar-refractivity contribution in [3.8, 4) is 0 Å². The first kappa shape index (κ1) is 23.7. The zero-order valence-electron chi connectivity index (χ0n) is 18.8. The van der Waals surface area contributed by atoms with Gasteiger partial charge in [0.15, 0.2) is 0 Å². The van der Waals surface area contributed by atoms with Crippen molar-refractivity contribution in [3.63, 3.8) is 0 Å². The molecule has 0 aliphatic rings. The number of furan rings is 1. The van der Waals surface area contributed by atoms with E-state index in [9.17, 15) is 9.59 Å². The molecule has 0 saturated carbocycles. The Labute approximate surface area is 181 Å². The van der Waals surface area contributed by atoms with Crippen LogP contribution >= 0.6 is 0 Å². The van der Waals surface area contributed by atoms with Crippen LogP contribution in [-0.4, -0.2) is 34.2 Å². The molecule has 5 nitrogen and oxygen atoms in total. The predicted octanol–water partition coefficient (Wildman–Crippen LogP) is 5.26. The van der Waals surface area contributed by atoms with Gasteiger partial charge in [0.2, 0.25) is 11.8 Å². The van der Waals surface area contributed by atoms with Gasteiger partial charge >= 0.3 is 0 Å². The van der Waals surface area contributed by atoms with E-state index in [1.807, 2.05) is 56.3 Å². The minimum atomic E-state index is -0.0670. The van der Waals surface area contributed by atoms with Crippen LogP contribution in [0, 0.1) is 5.92 Å². The summed E-state index contributed by atoms with van der Waals surface area (Å²) in [5.41, 5.74) is 1.05. The first-order chi connectivity index (χ1) is 14.5. The van der Waals surface area contributed by atoms with E-state index in [1.54, 1.807) is 16.1 Å². The highest BCUT2D eigenvalue weighted by Crippen LogP contribution is 2.19. The monoisotopic (exact) mass is 412 g/mol. The summed E-state index contributed by atoms with van der Waals surface area (Å²) in [7, 11) is 0. The SMILES string of the molecule is CCCC[C@H](CC)C(=O)N(CC(=O)N(Cc1ccccc1)Cc1ccco1)C(C)C. The molecule has 0 aliphatic carbocycles. The molecule has 0 fully saturated rings. The Kier molecular flexibility index (Phi) is 9.65. The lowest BCUT2D eigenvalue weighted by atomic mass is 9.97. The number of carbonyl (C=O) groups excluding carboxylic acids is 2. The number of carbonyl (C=O) groups is 2. The summed E-state index contributed by atoms with van der Waals surface area (Å²) >= 11 is 0. The standard InChI is InChI=1S/C25H36N2O3/c1-5-7-14-22(6-2)25(29)27(20(3)4)19-24(28)26(18-23-15-11-16-30-23)17-21-12-9-8-10-13-21/h8-13,15-16,20,22H,5-7,14,17-19H2,1-4H3/t22-/m0/s1. The van der Waals surface area contributed by atoms with Gasteiger partial charge in [-0.1, -0.05) is 57.0 Å². The third-order valence-corrected chi connectivity index (χ3v) is 5.46. The summed E-state index contributed by atoms with van der Waals surface area (Å²) in [6.07, 6.45) is 5.39. The Bertz CT molecular complexity index is 756. The molecule has 0 bridgehead atoms. The number of amides is 2. The molecule has 1 aromatic heterocycles. The summed E-state index contributed by atoms with van der Waals surface area (Å²) in [5, 5.41) is 0. The van der Waals surface area contributed by atoms with Crippen LogP contribution in [0.4, 0.5) is 0 Å². The molecule has 1 heterocycles. The predicted molar refractivity (Wildman–Crippen MR) is 120 cm³/mol. The Morgan fingerprint density at radius 3 is 2.30 bits per heavy atom. The van der Waals surface area contributed by atoms with Crippen LogP contribution in [0.25, 0.3) is 0 Å². The largest absolute Gasteiger partial charge is 0.467 e. The average Bonchev–Trinajstić information content (AvgIpc) is 3.25. The minimum Gasteiger partial charge on any atom is -0.467 e. The molecule has 1 atom stereocenters. The van der Waals surface area contributed by atoms with Crippen LogP contribution in [0.15, 0.2) is 53.1 Å². The van der Waals surface area contributed by atoms with Crippen LogP contribution in [-0.2, 0) is 22.7 Å². The van der Waals surface area contributed by atoms with Crippen LogP contribution < -0.4 is 0 Å². The summed E-state index contributed by atoms with van der Waals surface area (Å²) in [4.78, 5) is 30.0. The lowest BCUT2D eigenvalue weighted by molar-refractivity contribution is -0.145. The van der Waals surface area contributed by atoms with Crippen molar-refractivity contribution in [2.45, 2.75) is 72.5 Å². The maximum absolute atomic E-state index is 13.3.